The van der Waals surface area contributed by atoms with E-state index < -0.39 is 0 Å². The van der Waals surface area contributed by atoms with Crippen LogP contribution in [0.1, 0.15) is 23.1 Å². The predicted octanol–water partition coefficient (Wildman–Crippen LogP) is 6.61. The molecule has 3 aromatic carbocycles. The summed E-state index contributed by atoms with van der Waals surface area (Å²) in [6.45, 7) is 2.01. The van der Waals surface area contributed by atoms with Crippen molar-refractivity contribution in [1.29, 1.82) is 0 Å². The molecule has 0 radical (unpaired) electrons. The van der Waals surface area contributed by atoms with Crippen molar-refractivity contribution in [3.63, 3.8) is 0 Å². The van der Waals surface area contributed by atoms with Gasteiger partial charge in [0.05, 0.1) is 8.95 Å². The van der Waals surface area contributed by atoms with Crippen LogP contribution in [-0.4, -0.2) is 40.5 Å². The fraction of sp³-hybridized carbons (Fsp3) is 0.179. The molecule has 0 bridgehead atoms. The zero-order valence-corrected chi connectivity index (χ0v) is 21.7. The number of halogens is 2. The maximum Gasteiger partial charge on any atom is 0.187 e. The lowest BCUT2D eigenvalue weighted by Crippen LogP contribution is -2.38. The van der Waals surface area contributed by atoms with Gasteiger partial charge in [-0.05, 0) is 104 Å². The lowest BCUT2D eigenvalue weighted by Gasteiger charge is -2.30. The number of rotatable bonds is 6. The van der Waals surface area contributed by atoms with Gasteiger partial charge in [0.2, 0.25) is 0 Å². The SMILES string of the molecule is O=C1/C(=C/c2ccc(O)c(Br)c2)CN(CCCc2ccccc2)C/C1=C\c1ccc(O)c(Br)c1. The van der Waals surface area contributed by atoms with Crippen LogP contribution in [0.15, 0.2) is 86.8 Å². The molecular formula is C28H25Br2NO3. The summed E-state index contributed by atoms with van der Waals surface area (Å²) in [7, 11) is 0. The number of carbonyl (C=O) groups excluding carboxylic acids is 1. The molecule has 1 saturated heterocycles. The Balaban J connectivity index is 1.59. The second kappa shape index (κ2) is 11.2. The van der Waals surface area contributed by atoms with Crippen LogP contribution in [0.5, 0.6) is 11.5 Å². The van der Waals surface area contributed by atoms with Crippen molar-refractivity contribution in [2.45, 2.75) is 12.8 Å². The van der Waals surface area contributed by atoms with Crippen molar-refractivity contribution in [2.75, 3.05) is 19.6 Å². The summed E-state index contributed by atoms with van der Waals surface area (Å²) in [6.07, 6.45) is 5.78. The van der Waals surface area contributed by atoms with Gasteiger partial charge in [0.25, 0.3) is 0 Å². The second-order valence-electron chi connectivity index (χ2n) is 8.39. The zero-order chi connectivity index (χ0) is 24.1. The molecule has 3 aromatic rings. The van der Waals surface area contributed by atoms with E-state index in [0.717, 1.165) is 30.5 Å². The summed E-state index contributed by atoms with van der Waals surface area (Å²) in [5.74, 6) is 0.351. The molecule has 1 heterocycles. The number of aromatic hydroxyl groups is 2. The predicted molar refractivity (Wildman–Crippen MR) is 144 cm³/mol. The van der Waals surface area contributed by atoms with Crippen molar-refractivity contribution in [1.82, 2.24) is 4.90 Å². The Morgan fingerprint density at radius 1 is 0.794 bits per heavy atom. The molecule has 0 atom stereocenters. The molecule has 0 amide bonds. The van der Waals surface area contributed by atoms with Crippen LogP contribution >= 0.6 is 31.9 Å². The van der Waals surface area contributed by atoms with Gasteiger partial charge in [-0.25, -0.2) is 0 Å². The molecule has 1 fully saturated rings. The molecule has 0 unspecified atom stereocenters. The minimum absolute atomic E-state index is 0.0210. The third-order valence-corrected chi connectivity index (χ3v) is 7.05. The number of aryl methyl sites for hydroxylation is 1. The quantitative estimate of drug-likeness (QED) is 0.321. The van der Waals surface area contributed by atoms with Crippen LogP contribution in [0.25, 0.3) is 12.2 Å². The summed E-state index contributed by atoms with van der Waals surface area (Å²) < 4.78 is 1.18. The van der Waals surface area contributed by atoms with E-state index in [4.69, 9.17) is 0 Å². The minimum atomic E-state index is 0.0210. The van der Waals surface area contributed by atoms with E-state index in [0.29, 0.717) is 33.2 Å². The molecule has 0 aromatic heterocycles. The molecule has 0 spiro atoms. The monoisotopic (exact) mass is 581 g/mol. The van der Waals surface area contributed by atoms with Crippen molar-refractivity contribution in [3.8, 4) is 11.5 Å². The summed E-state index contributed by atoms with van der Waals surface area (Å²) in [4.78, 5) is 15.7. The van der Waals surface area contributed by atoms with Gasteiger partial charge in [-0.3, -0.25) is 9.69 Å². The topological polar surface area (TPSA) is 60.8 Å². The van der Waals surface area contributed by atoms with Crippen molar-refractivity contribution in [2.24, 2.45) is 0 Å². The molecule has 2 N–H and O–H groups in total. The first kappa shape index (κ1) is 24.5. The number of benzene rings is 3. The third kappa shape index (κ3) is 6.26. The molecule has 0 saturated carbocycles. The van der Waals surface area contributed by atoms with Crippen LogP contribution in [0.2, 0.25) is 0 Å². The molecule has 6 heteroatoms. The number of Topliss-reactive ketones (excluding diaryl/α,β-unsaturated/α-hetero) is 1. The highest BCUT2D eigenvalue weighted by Gasteiger charge is 2.26. The number of phenols is 2. The van der Waals surface area contributed by atoms with Crippen LogP contribution in [0.4, 0.5) is 0 Å². The normalized spacial score (nSPS) is 16.9. The molecule has 1 aliphatic rings. The molecular weight excluding hydrogens is 558 g/mol. The standard InChI is InChI=1S/C28H25Br2NO3/c29-24-15-20(8-10-26(24)32)13-22-17-31(12-4-7-19-5-2-1-3-6-19)18-23(28(22)34)14-21-9-11-27(33)25(30)16-21/h1-3,5-6,8-11,13-16,32-33H,4,7,12,17-18H2/b22-13+,23-14+. The van der Waals surface area contributed by atoms with Crippen LogP contribution in [-0.2, 0) is 11.2 Å². The van der Waals surface area contributed by atoms with E-state index in [2.05, 4.69) is 61.0 Å². The van der Waals surface area contributed by atoms with Crippen LogP contribution in [0, 0.1) is 0 Å². The van der Waals surface area contributed by atoms with E-state index >= 15 is 0 Å². The Kier molecular flexibility index (Phi) is 8.03. The van der Waals surface area contributed by atoms with E-state index in [9.17, 15) is 15.0 Å². The third-order valence-electron chi connectivity index (χ3n) is 5.78. The highest BCUT2D eigenvalue weighted by molar-refractivity contribution is 9.10. The largest absolute Gasteiger partial charge is 0.507 e. The zero-order valence-electron chi connectivity index (χ0n) is 18.5. The molecule has 4 nitrogen and oxygen atoms in total. The van der Waals surface area contributed by atoms with Crippen molar-refractivity contribution < 1.29 is 15.0 Å². The molecule has 174 valence electrons. The molecule has 4 rings (SSSR count). The number of phenolic OH excluding ortho intramolecular Hbond substituents is 2. The van der Waals surface area contributed by atoms with E-state index in [1.54, 1.807) is 24.3 Å². The summed E-state index contributed by atoms with van der Waals surface area (Å²) in [5, 5.41) is 19.6. The second-order valence-corrected chi connectivity index (χ2v) is 10.1. The fourth-order valence-corrected chi connectivity index (χ4v) is 4.84. The van der Waals surface area contributed by atoms with Gasteiger partial charge in [0, 0.05) is 24.2 Å². The molecule has 0 aliphatic carbocycles. The van der Waals surface area contributed by atoms with Crippen LogP contribution < -0.4 is 0 Å². The van der Waals surface area contributed by atoms with Gasteiger partial charge in [0.1, 0.15) is 11.5 Å². The van der Waals surface area contributed by atoms with Gasteiger partial charge in [-0.1, -0.05) is 42.5 Å². The summed E-state index contributed by atoms with van der Waals surface area (Å²) >= 11 is 6.70. The molecule has 1 aliphatic heterocycles. The Hall–Kier alpha value is -2.67. The smallest absolute Gasteiger partial charge is 0.187 e. The summed E-state index contributed by atoms with van der Waals surface area (Å²) in [6, 6.07) is 20.9. The molecule has 34 heavy (non-hydrogen) atoms. The van der Waals surface area contributed by atoms with Crippen molar-refractivity contribution >= 4 is 49.8 Å². The first-order chi connectivity index (χ1) is 16.4. The average Bonchev–Trinajstić information content (AvgIpc) is 2.82. The minimum Gasteiger partial charge on any atom is -0.507 e. The van der Waals surface area contributed by atoms with Gasteiger partial charge in [0.15, 0.2) is 5.78 Å². The first-order valence-corrected chi connectivity index (χ1v) is 12.7. The Labute approximate surface area is 216 Å². The number of hydrogen-bond acceptors (Lipinski definition) is 4. The maximum atomic E-state index is 13.4. The number of carbonyl (C=O) groups is 1. The number of ketones is 1. The number of likely N-dealkylation sites (tertiary alicyclic amines) is 1. The average molecular weight is 583 g/mol. The Bertz CT molecular complexity index is 1180. The van der Waals surface area contributed by atoms with Gasteiger partial charge >= 0.3 is 0 Å². The van der Waals surface area contributed by atoms with E-state index in [1.807, 2.05) is 30.4 Å². The number of hydrogen-bond donors (Lipinski definition) is 2. The van der Waals surface area contributed by atoms with Gasteiger partial charge < -0.3 is 10.2 Å². The lowest BCUT2D eigenvalue weighted by molar-refractivity contribution is -0.113. The van der Waals surface area contributed by atoms with Crippen LogP contribution in [0.3, 0.4) is 0 Å². The fourth-order valence-electron chi connectivity index (χ4n) is 4.05. The van der Waals surface area contributed by atoms with Gasteiger partial charge in [-0.15, -0.1) is 0 Å². The lowest BCUT2D eigenvalue weighted by atomic mass is 9.94. The summed E-state index contributed by atoms with van der Waals surface area (Å²) in [5.41, 5.74) is 4.45. The maximum absolute atomic E-state index is 13.4. The van der Waals surface area contributed by atoms with E-state index in [1.165, 1.54) is 5.56 Å². The Morgan fingerprint density at radius 2 is 1.32 bits per heavy atom. The van der Waals surface area contributed by atoms with Gasteiger partial charge in [-0.2, -0.15) is 0 Å². The highest BCUT2D eigenvalue weighted by Crippen LogP contribution is 2.29. The number of piperidine rings is 1. The number of nitrogens with zero attached hydrogens (tertiary/aromatic N) is 1. The van der Waals surface area contributed by atoms with E-state index in [-0.39, 0.29) is 17.3 Å². The highest BCUT2D eigenvalue weighted by atomic mass is 79.9. The van der Waals surface area contributed by atoms with Crippen molar-refractivity contribution in [3.05, 3.63) is 104 Å². The first-order valence-electron chi connectivity index (χ1n) is 11.1. The Morgan fingerprint density at radius 3 is 1.82 bits per heavy atom.